The highest BCUT2D eigenvalue weighted by Gasteiger charge is 2.30. The maximum atomic E-state index is 12.5. The first-order chi connectivity index (χ1) is 9.37. The molecular formula is C10H16N4O4S2. The van der Waals surface area contributed by atoms with Crippen molar-refractivity contribution in [2.75, 3.05) is 30.0 Å². The summed E-state index contributed by atoms with van der Waals surface area (Å²) >= 11 is 0. The van der Waals surface area contributed by atoms with E-state index in [1.165, 1.54) is 18.5 Å². The van der Waals surface area contributed by atoms with E-state index in [0.717, 1.165) is 4.31 Å². The zero-order valence-corrected chi connectivity index (χ0v) is 12.3. The summed E-state index contributed by atoms with van der Waals surface area (Å²) in [6, 6.07) is 1.45. The molecule has 0 spiro atoms. The monoisotopic (exact) mass is 320 g/mol. The van der Waals surface area contributed by atoms with Crippen LogP contribution in [-0.4, -0.2) is 50.7 Å². The third-order valence-electron chi connectivity index (χ3n) is 3.07. The van der Waals surface area contributed by atoms with Crippen LogP contribution < -0.4 is 11.3 Å². The maximum absolute atomic E-state index is 12.5. The van der Waals surface area contributed by atoms with Crippen LogP contribution >= 0.6 is 0 Å². The van der Waals surface area contributed by atoms with Gasteiger partial charge in [0.1, 0.15) is 4.90 Å². The summed E-state index contributed by atoms with van der Waals surface area (Å²) in [6.45, 7) is 0.115. The number of rotatable bonds is 3. The summed E-state index contributed by atoms with van der Waals surface area (Å²) in [6.07, 6.45) is 2.90. The Kier molecular flexibility index (Phi) is 4.28. The largest absolute Gasteiger partial charge is 0.323 e. The van der Waals surface area contributed by atoms with E-state index in [1.807, 2.05) is 0 Å². The first-order valence-corrected chi connectivity index (χ1v) is 9.24. The highest BCUT2D eigenvalue weighted by atomic mass is 32.2. The summed E-state index contributed by atoms with van der Waals surface area (Å²) in [7, 11) is -6.99. The highest BCUT2D eigenvalue weighted by molar-refractivity contribution is 7.91. The number of anilines is 1. The molecule has 0 unspecified atom stereocenters. The number of sulfonamides is 1. The fourth-order valence-electron chi connectivity index (χ4n) is 2.00. The number of hydrogen-bond acceptors (Lipinski definition) is 7. The van der Waals surface area contributed by atoms with Crippen molar-refractivity contribution >= 4 is 25.5 Å². The number of sulfone groups is 1. The molecule has 1 aliphatic rings. The third kappa shape index (κ3) is 3.08. The van der Waals surface area contributed by atoms with E-state index < -0.39 is 19.9 Å². The fourth-order valence-corrected chi connectivity index (χ4v) is 4.97. The van der Waals surface area contributed by atoms with Crippen LogP contribution in [0.15, 0.2) is 23.4 Å². The van der Waals surface area contributed by atoms with Gasteiger partial charge >= 0.3 is 0 Å². The molecule has 0 saturated carbocycles. The van der Waals surface area contributed by atoms with Crippen LogP contribution in [0.5, 0.6) is 0 Å². The standard InChI is InChI=1S/C10H16N4O4S2/c11-13-9-2-3-12-8-10(9)20(17,18)14-4-1-6-19(15,16)7-5-14/h2-3,8H,1,4-7,11H2,(H,12,13). The van der Waals surface area contributed by atoms with E-state index in [0.29, 0.717) is 0 Å². The van der Waals surface area contributed by atoms with Crippen LogP contribution in [0.25, 0.3) is 0 Å². The normalized spacial score (nSPS) is 20.2. The summed E-state index contributed by atoms with van der Waals surface area (Å²) in [5, 5.41) is 0. The number of nitrogen functional groups attached to an aromatic ring is 1. The molecule has 1 saturated heterocycles. The van der Waals surface area contributed by atoms with Crippen molar-refractivity contribution in [1.82, 2.24) is 9.29 Å². The summed E-state index contributed by atoms with van der Waals surface area (Å²) in [4.78, 5) is 3.73. The van der Waals surface area contributed by atoms with E-state index in [2.05, 4.69) is 10.4 Å². The SMILES string of the molecule is NNc1ccncc1S(=O)(=O)N1CCCS(=O)(=O)CC1. The highest BCUT2D eigenvalue weighted by Crippen LogP contribution is 2.23. The average Bonchev–Trinajstić information content (AvgIpc) is 2.60. The number of nitrogens with zero attached hydrogens (tertiary/aromatic N) is 2. The lowest BCUT2D eigenvalue weighted by Crippen LogP contribution is -2.34. The molecule has 8 nitrogen and oxygen atoms in total. The number of aromatic nitrogens is 1. The number of nitrogens with two attached hydrogens (primary N) is 1. The van der Waals surface area contributed by atoms with Gasteiger partial charge in [0.2, 0.25) is 10.0 Å². The Balaban J connectivity index is 2.35. The van der Waals surface area contributed by atoms with Gasteiger partial charge in [-0.25, -0.2) is 16.8 Å². The molecule has 0 amide bonds. The van der Waals surface area contributed by atoms with Crippen LogP contribution in [0.3, 0.4) is 0 Å². The van der Waals surface area contributed by atoms with Crippen molar-refractivity contribution in [2.45, 2.75) is 11.3 Å². The molecule has 20 heavy (non-hydrogen) atoms. The zero-order chi connectivity index (χ0) is 14.8. The van der Waals surface area contributed by atoms with Crippen molar-refractivity contribution in [3.63, 3.8) is 0 Å². The third-order valence-corrected chi connectivity index (χ3v) is 6.71. The van der Waals surface area contributed by atoms with Gasteiger partial charge in [0.25, 0.3) is 0 Å². The van der Waals surface area contributed by atoms with Crippen molar-refractivity contribution in [3.8, 4) is 0 Å². The Morgan fingerprint density at radius 3 is 2.75 bits per heavy atom. The Bertz CT molecular complexity index is 687. The fraction of sp³-hybridized carbons (Fsp3) is 0.500. The summed E-state index contributed by atoms with van der Waals surface area (Å²) < 4.78 is 49.3. The van der Waals surface area contributed by atoms with E-state index in [1.54, 1.807) is 0 Å². The molecule has 2 rings (SSSR count). The number of pyridine rings is 1. The Morgan fingerprint density at radius 2 is 2.05 bits per heavy atom. The zero-order valence-electron chi connectivity index (χ0n) is 10.7. The smallest absolute Gasteiger partial charge is 0.246 e. The van der Waals surface area contributed by atoms with Crippen molar-refractivity contribution in [2.24, 2.45) is 5.84 Å². The lowest BCUT2D eigenvalue weighted by atomic mass is 10.4. The maximum Gasteiger partial charge on any atom is 0.246 e. The van der Waals surface area contributed by atoms with Gasteiger partial charge in [-0.15, -0.1) is 0 Å². The quantitative estimate of drug-likeness (QED) is 0.551. The molecule has 2 heterocycles. The predicted octanol–water partition coefficient (Wildman–Crippen LogP) is -0.824. The van der Waals surface area contributed by atoms with Crippen molar-refractivity contribution in [3.05, 3.63) is 18.5 Å². The second-order valence-electron chi connectivity index (χ2n) is 4.43. The average molecular weight is 320 g/mol. The molecule has 0 aliphatic carbocycles. The minimum atomic E-state index is -3.81. The molecule has 3 N–H and O–H groups in total. The molecule has 10 heteroatoms. The Labute approximate surface area is 117 Å². The van der Waals surface area contributed by atoms with E-state index in [4.69, 9.17) is 5.84 Å². The van der Waals surface area contributed by atoms with Crippen LogP contribution in [-0.2, 0) is 19.9 Å². The first-order valence-electron chi connectivity index (χ1n) is 5.98. The minimum Gasteiger partial charge on any atom is -0.323 e. The predicted molar refractivity (Wildman–Crippen MR) is 74.1 cm³/mol. The molecule has 1 aromatic heterocycles. The topological polar surface area (TPSA) is 122 Å². The molecule has 112 valence electrons. The molecule has 1 fully saturated rings. The van der Waals surface area contributed by atoms with Crippen LogP contribution in [0.4, 0.5) is 5.69 Å². The molecule has 0 radical (unpaired) electrons. The number of nitrogens with one attached hydrogen (secondary N) is 1. The molecule has 1 aromatic rings. The summed E-state index contributed by atoms with van der Waals surface area (Å²) in [5.41, 5.74) is 2.54. The minimum absolute atomic E-state index is 0.00799. The van der Waals surface area contributed by atoms with Gasteiger partial charge in [-0.1, -0.05) is 0 Å². The van der Waals surface area contributed by atoms with Gasteiger partial charge in [0.05, 0.1) is 17.2 Å². The molecule has 0 aromatic carbocycles. The van der Waals surface area contributed by atoms with E-state index >= 15 is 0 Å². The van der Waals surface area contributed by atoms with Gasteiger partial charge in [-0.3, -0.25) is 10.8 Å². The van der Waals surface area contributed by atoms with Gasteiger partial charge in [-0.05, 0) is 12.5 Å². The van der Waals surface area contributed by atoms with E-state index in [9.17, 15) is 16.8 Å². The van der Waals surface area contributed by atoms with Crippen LogP contribution in [0, 0.1) is 0 Å². The van der Waals surface area contributed by atoms with Gasteiger partial charge in [0, 0.05) is 25.5 Å². The first kappa shape index (κ1) is 15.2. The molecule has 0 bridgehead atoms. The van der Waals surface area contributed by atoms with Gasteiger partial charge in [-0.2, -0.15) is 4.31 Å². The molecule has 0 atom stereocenters. The van der Waals surface area contributed by atoms with Gasteiger partial charge in [0.15, 0.2) is 9.84 Å². The Hall–Kier alpha value is -1.23. The lowest BCUT2D eigenvalue weighted by Gasteiger charge is -2.20. The van der Waals surface area contributed by atoms with Crippen molar-refractivity contribution < 1.29 is 16.8 Å². The second-order valence-corrected chi connectivity index (χ2v) is 8.64. The van der Waals surface area contributed by atoms with Crippen LogP contribution in [0.1, 0.15) is 6.42 Å². The number of hydrogen-bond donors (Lipinski definition) is 2. The Morgan fingerprint density at radius 1 is 1.30 bits per heavy atom. The molecule has 1 aliphatic heterocycles. The van der Waals surface area contributed by atoms with Crippen molar-refractivity contribution in [1.29, 1.82) is 0 Å². The summed E-state index contributed by atoms with van der Waals surface area (Å²) in [5.74, 6) is 5.13. The molecular weight excluding hydrogens is 304 g/mol. The van der Waals surface area contributed by atoms with Gasteiger partial charge < -0.3 is 5.43 Å². The van der Waals surface area contributed by atoms with Crippen LogP contribution in [0.2, 0.25) is 0 Å². The second kappa shape index (κ2) is 5.64. The van der Waals surface area contributed by atoms with E-state index in [-0.39, 0.29) is 41.6 Å². The number of hydrazine groups is 1. The lowest BCUT2D eigenvalue weighted by molar-refractivity contribution is 0.434.